The van der Waals surface area contributed by atoms with Crippen molar-refractivity contribution < 1.29 is 28.7 Å². The van der Waals surface area contributed by atoms with Crippen molar-refractivity contribution in [1.29, 1.82) is 0 Å². The third-order valence-corrected chi connectivity index (χ3v) is 7.05. The number of ether oxygens (including phenoxy) is 2. The van der Waals surface area contributed by atoms with Crippen molar-refractivity contribution >= 4 is 40.6 Å². The van der Waals surface area contributed by atoms with E-state index in [1.165, 1.54) is 6.92 Å². The van der Waals surface area contributed by atoms with Crippen molar-refractivity contribution in [3.8, 4) is 0 Å². The van der Waals surface area contributed by atoms with Crippen LogP contribution in [0.4, 0.5) is 5.69 Å². The van der Waals surface area contributed by atoms with Gasteiger partial charge in [-0.15, -0.1) is 0 Å². The molecule has 0 radical (unpaired) electrons. The Balaban J connectivity index is 1.36. The van der Waals surface area contributed by atoms with Crippen LogP contribution in [0.5, 0.6) is 0 Å². The molecule has 4 rings (SSSR count). The maximum Gasteiger partial charge on any atom is 0.338 e. The Morgan fingerprint density at radius 2 is 1.77 bits per heavy atom. The average molecular weight is 546 g/mol. The predicted molar refractivity (Wildman–Crippen MR) is 151 cm³/mol. The lowest BCUT2D eigenvalue weighted by Crippen LogP contribution is -2.35. The number of esters is 1. The summed E-state index contributed by atoms with van der Waals surface area (Å²) in [5, 5.41) is 5.56. The van der Waals surface area contributed by atoms with E-state index in [1.54, 1.807) is 31.3 Å². The highest BCUT2D eigenvalue weighted by Crippen LogP contribution is 2.41. The van der Waals surface area contributed by atoms with Crippen LogP contribution < -0.4 is 10.6 Å². The van der Waals surface area contributed by atoms with E-state index in [2.05, 4.69) is 15.6 Å². The second-order valence-electron chi connectivity index (χ2n) is 10.5. The Morgan fingerprint density at radius 1 is 1.07 bits per heavy atom. The van der Waals surface area contributed by atoms with E-state index in [0.717, 1.165) is 17.5 Å². The zero-order valence-electron chi connectivity index (χ0n) is 23.3. The molecule has 2 aromatic carbocycles. The number of carbonyl (C=O) groups is 4. The van der Waals surface area contributed by atoms with E-state index >= 15 is 0 Å². The van der Waals surface area contributed by atoms with Crippen molar-refractivity contribution in [3.05, 3.63) is 70.8 Å². The summed E-state index contributed by atoms with van der Waals surface area (Å²) in [5.74, 6) is -0.269. The van der Waals surface area contributed by atoms with Crippen LogP contribution in [0.1, 0.15) is 67.9 Å². The molecule has 9 heteroatoms. The Bertz CT molecular complexity index is 1370. The normalized spacial score (nSPS) is 17.4. The van der Waals surface area contributed by atoms with E-state index in [0.29, 0.717) is 41.1 Å². The van der Waals surface area contributed by atoms with Gasteiger partial charge in [-0.1, -0.05) is 24.3 Å². The summed E-state index contributed by atoms with van der Waals surface area (Å²) in [7, 11) is 1.68. The van der Waals surface area contributed by atoms with Gasteiger partial charge in [-0.2, -0.15) is 0 Å². The van der Waals surface area contributed by atoms with Crippen LogP contribution in [0.25, 0.3) is 5.76 Å². The summed E-state index contributed by atoms with van der Waals surface area (Å²) < 4.78 is 11.5. The van der Waals surface area contributed by atoms with Crippen LogP contribution in [0.15, 0.2) is 59.1 Å². The molecule has 0 aromatic heterocycles. The zero-order chi connectivity index (χ0) is 28.9. The van der Waals surface area contributed by atoms with Crippen LogP contribution in [-0.2, 0) is 23.9 Å². The fourth-order valence-electron chi connectivity index (χ4n) is 4.76. The van der Waals surface area contributed by atoms with E-state index < -0.39 is 5.97 Å². The second kappa shape index (κ2) is 12.4. The number of allylic oxidation sites excluding steroid dienone is 1. The van der Waals surface area contributed by atoms with Crippen LogP contribution in [0.2, 0.25) is 0 Å². The maximum absolute atomic E-state index is 13.4. The number of aliphatic imine (C=N–C) groups is 1. The molecule has 1 amide bonds. The van der Waals surface area contributed by atoms with Crippen molar-refractivity contribution in [2.45, 2.75) is 58.1 Å². The van der Waals surface area contributed by atoms with E-state index in [-0.39, 0.29) is 48.7 Å². The van der Waals surface area contributed by atoms with Crippen molar-refractivity contribution in [1.82, 2.24) is 10.6 Å². The molecule has 0 bridgehead atoms. The minimum Gasteiger partial charge on any atom is -0.487 e. The lowest BCUT2D eigenvalue weighted by atomic mass is 9.82. The Kier molecular flexibility index (Phi) is 8.94. The monoisotopic (exact) mass is 545 g/mol. The SMILES string of the molecule is CNC(CCC(=O)NCCOC(=O)c1ccc(N=C2C(=O)C3=C(OC(C)(C)CC3)c3ccccc32)cc1)C(C)=O. The lowest BCUT2D eigenvalue weighted by Gasteiger charge is -2.36. The number of carbonyl (C=O) groups excluding carboxylic acids is 4. The van der Waals surface area contributed by atoms with Gasteiger partial charge in [-0.05, 0) is 71.3 Å². The molecule has 2 aliphatic rings. The lowest BCUT2D eigenvalue weighted by molar-refractivity contribution is -0.122. The second-order valence-corrected chi connectivity index (χ2v) is 10.5. The van der Waals surface area contributed by atoms with Gasteiger partial charge in [0.15, 0.2) is 0 Å². The first-order valence-electron chi connectivity index (χ1n) is 13.5. The van der Waals surface area contributed by atoms with Gasteiger partial charge in [-0.3, -0.25) is 14.4 Å². The first-order chi connectivity index (χ1) is 19.1. The van der Waals surface area contributed by atoms with Crippen LogP contribution in [0, 0.1) is 0 Å². The summed E-state index contributed by atoms with van der Waals surface area (Å²) in [5.41, 5.74) is 3.10. The molecule has 0 spiro atoms. The molecule has 9 nitrogen and oxygen atoms in total. The molecule has 1 aliphatic heterocycles. The number of hydrogen-bond donors (Lipinski definition) is 2. The summed E-state index contributed by atoms with van der Waals surface area (Å²) in [6, 6.07) is 13.8. The van der Waals surface area contributed by atoms with Crippen molar-refractivity contribution in [3.63, 3.8) is 0 Å². The average Bonchev–Trinajstić information content (AvgIpc) is 2.93. The smallest absolute Gasteiger partial charge is 0.338 e. The number of benzene rings is 2. The highest BCUT2D eigenvalue weighted by Gasteiger charge is 2.38. The summed E-state index contributed by atoms with van der Waals surface area (Å²) in [6.45, 7) is 5.70. The number of ketones is 2. The highest BCUT2D eigenvalue weighted by molar-refractivity contribution is 6.54. The van der Waals surface area contributed by atoms with Gasteiger partial charge in [0.25, 0.3) is 0 Å². The number of amides is 1. The molecular formula is C31H35N3O6. The van der Waals surface area contributed by atoms with Crippen LogP contribution in [0.3, 0.4) is 0 Å². The van der Waals surface area contributed by atoms with Crippen molar-refractivity contribution in [2.75, 3.05) is 20.2 Å². The number of rotatable bonds is 10. The molecule has 1 atom stereocenters. The molecule has 210 valence electrons. The zero-order valence-corrected chi connectivity index (χ0v) is 23.3. The molecule has 2 aromatic rings. The molecular weight excluding hydrogens is 510 g/mol. The van der Waals surface area contributed by atoms with Gasteiger partial charge in [-0.25, -0.2) is 9.79 Å². The van der Waals surface area contributed by atoms with E-state index in [4.69, 9.17) is 9.47 Å². The van der Waals surface area contributed by atoms with Gasteiger partial charge < -0.3 is 20.1 Å². The molecule has 0 fully saturated rings. The fraction of sp³-hybridized carbons (Fsp3) is 0.387. The highest BCUT2D eigenvalue weighted by atomic mass is 16.5. The number of nitrogens with zero attached hydrogens (tertiary/aromatic N) is 1. The molecule has 1 aliphatic carbocycles. The first kappa shape index (κ1) is 28.9. The Labute approximate surface area is 234 Å². The Hall–Kier alpha value is -4.11. The molecule has 2 N–H and O–H groups in total. The third kappa shape index (κ3) is 6.71. The van der Waals surface area contributed by atoms with Crippen LogP contribution >= 0.6 is 0 Å². The number of likely N-dealkylation sites (N-methyl/N-ethyl adjacent to an activating group) is 1. The summed E-state index contributed by atoms with van der Waals surface area (Å²) in [6.07, 6.45) is 1.95. The predicted octanol–water partition coefficient (Wildman–Crippen LogP) is 3.92. The largest absolute Gasteiger partial charge is 0.487 e. The quantitative estimate of drug-likeness (QED) is 0.343. The third-order valence-electron chi connectivity index (χ3n) is 7.05. The minimum atomic E-state index is -0.531. The minimum absolute atomic E-state index is 0.0123. The van der Waals surface area contributed by atoms with Gasteiger partial charge in [0, 0.05) is 23.1 Å². The number of fused-ring (bicyclic) bond motifs is 2. The van der Waals surface area contributed by atoms with Crippen LogP contribution in [-0.4, -0.2) is 61.0 Å². The molecule has 0 saturated carbocycles. The molecule has 1 heterocycles. The van der Waals surface area contributed by atoms with Gasteiger partial charge in [0.2, 0.25) is 11.7 Å². The first-order valence-corrected chi connectivity index (χ1v) is 13.5. The fourth-order valence-corrected chi connectivity index (χ4v) is 4.76. The topological polar surface area (TPSA) is 123 Å². The van der Waals surface area contributed by atoms with Gasteiger partial charge in [0.05, 0.1) is 23.8 Å². The number of Topliss-reactive ketones (excluding diaryl/α,β-unsaturated/α-hetero) is 2. The van der Waals surface area contributed by atoms with Gasteiger partial charge >= 0.3 is 5.97 Å². The van der Waals surface area contributed by atoms with Gasteiger partial charge in [0.1, 0.15) is 29.5 Å². The molecule has 40 heavy (non-hydrogen) atoms. The maximum atomic E-state index is 13.4. The van der Waals surface area contributed by atoms with Crippen molar-refractivity contribution in [2.24, 2.45) is 4.99 Å². The van der Waals surface area contributed by atoms with E-state index in [9.17, 15) is 19.2 Å². The summed E-state index contributed by atoms with van der Waals surface area (Å²) in [4.78, 5) is 54.0. The Morgan fingerprint density at radius 3 is 2.45 bits per heavy atom. The van der Waals surface area contributed by atoms with E-state index in [1.807, 2.05) is 38.1 Å². The summed E-state index contributed by atoms with van der Waals surface area (Å²) >= 11 is 0. The number of nitrogens with one attached hydrogen (secondary N) is 2. The molecule has 1 unspecified atom stereocenters. The standard InChI is InChI=1S/C31H35N3O6/c1-19(35)25(32-4)13-14-26(36)33-17-18-39-30(38)20-9-11-21(12-10-20)34-27-22-7-5-6-8-23(22)29-24(28(27)37)15-16-31(2,3)40-29/h5-12,25,32H,13-18H2,1-4H3,(H,33,36). The number of hydrogen-bond acceptors (Lipinski definition) is 8. The molecule has 0 saturated heterocycles.